The Kier molecular flexibility index (Phi) is 4.62. The van der Waals surface area contributed by atoms with E-state index in [2.05, 4.69) is 24.1 Å². The third-order valence-corrected chi connectivity index (χ3v) is 2.36. The lowest BCUT2D eigenvalue weighted by atomic mass is 9.99. The van der Waals surface area contributed by atoms with Gasteiger partial charge in [0.2, 0.25) is 0 Å². The average Bonchev–Trinajstić information content (AvgIpc) is 2.25. The summed E-state index contributed by atoms with van der Waals surface area (Å²) in [5.41, 5.74) is 1.58. The predicted molar refractivity (Wildman–Crippen MR) is 65.4 cm³/mol. The fourth-order valence-electron chi connectivity index (χ4n) is 1.42. The minimum Gasteiger partial charge on any atom is -0.309 e. The summed E-state index contributed by atoms with van der Waals surface area (Å²) in [7, 11) is 0. The number of rotatable bonds is 5. The van der Waals surface area contributed by atoms with Crippen LogP contribution in [0.1, 0.15) is 43.7 Å². The first kappa shape index (κ1) is 12.8. The molecule has 88 valence electrons. The molecule has 0 spiro atoms. The van der Waals surface area contributed by atoms with E-state index in [4.69, 9.17) is 0 Å². The van der Waals surface area contributed by atoms with Crippen molar-refractivity contribution in [3.05, 3.63) is 29.6 Å². The molecule has 3 heteroatoms. The van der Waals surface area contributed by atoms with Gasteiger partial charge in [-0.05, 0) is 12.1 Å². The first-order chi connectivity index (χ1) is 7.52. The number of carbonyl (C=O) groups is 1. The molecule has 0 aliphatic rings. The Labute approximate surface area is 97.3 Å². The normalized spacial score (nSPS) is 11.1. The highest BCUT2D eigenvalue weighted by Crippen LogP contribution is 2.11. The van der Waals surface area contributed by atoms with Crippen LogP contribution in [-0.2, 0) is 6.54 Å². The van der Waals surface area contributed by atoms with Crippen molar-refractivity contribution in [3.63, 3.8) is 0 Å². The van der Waals surface area contributed by atoms with Crippen LogP contribution in [0.3, 0.4) is 0 Å². The molecule has 0 amide bonds. The van der Waals surface area contributed by atoms with Crippen molar-refractivity contribution in [2.75, 3.05) is 0 Å². The van der Waals surface area contributed by atoms with Gasteiger partial charge in [-0.1, -0.05) is 27.7 Å². The van der Waals surface area contributed by atoms with Crippen LogP contribution in [0.4, 0.5) is 0 Å². The van der Waals surface area contributed by atoms with Crippen LogP contribution in [-0.4, -0.2) is 16.8 Å². The van der Waals surface area contributed by atoms with Crippen LogP contribution < -0.4 is 5.32 Å². The third-order valence-electron chi connectivity index (χ3n) is 2.36. The molecule has 0 aromatic carbocycles. The molecule has 0 aliphatic heterocycles. The molecule has 0 unspecified atom stereocenters. The van der Waals surface area contributed by atoms with E-state index < -0.39 is 0 Å². The lowest BCUT2D eigenvalue weighted by Crippen LogP contribution is -2.24. The Morgan fingerprint density at radius 3 is 2.62 bits per heavy atom. The SMILES string of the molecule is CC(C)NCc1ncccc1C(=O)C(C)C. The molecule has 0 radical (unpaired) electrons. The summed E-state index contributed by atoms with van der Waals surface area (Å²) >= 11 is 0. The molecule has 3 nitrogen and oxygen atoms in total. The first-order valence-corrected chi connectivity index (χ1v) is 5.74. The van der Waals surface area contributed by atoms with Crippen molar-refractivity contribution < 1.29 is 4.79 Å². The van der Waals surface area contributed by atoms with Gasteiger partial charge in [0.1, 0.15) is 0 Å². The quantitative estimate of drug-likeness (QED) is 0.775. The molecular formula is C13H20N2O. The lowest BCUT2D eigenvalue weighted by molar-refractivity contribution is 0.0937. The highest BCUT2D eigenvalue weighted by molar-refractivity contribution is 5.98. The Hall–Kier alpha value is -1.22. The Balaban J connectivity index is 2.87. The molecule has 0 bridgehead atoms. The molecule has 1 heterocycles. The molecule has 1 aromatic heterocycles. The maximum Gasteiger partial charge on any atom is 0.167 e. The fourth-order valence-corrected chi connectivity index (χ4v) is 1.42. The number of ketones is 1. The van der Waals surface area contributed by atoms with Gasteiger partial charge in [-0.15, -0.1) is 0 Å². The number of pyridine rings is 1. The topological polar surface area (TPSA) is 42.0 Å². The van der Waals surface area contributed by atoms with Crippen LogP contribution in [0.5, 0.6) is 0 Å². The second-order valence-electron chi connectivity index (χ2n) is 4.55. The van der Waals surface area contributed by atoms with E-state index in [1.165, 1.54) is 0 Å². The number of carbonyl (C=O) groups excluding carboxylic acids is 1. The predicted octanol–water partition coefficient (Wildman–Crippen LogP) is 2.42. The summed E-state index contributed by atoms with van der Waals surface area (Å²) in [6, 6.07) is 4.06. The molecule has 1 rings (SSSR count). The van der Waals surface area contributed by atoms with Crippen LogP contribution >= 0.6 is 0 Å². The Morgan fingerprint density at radius 2 is 2.06 bits per heavy atom. The molecule has 16 heavy (non-hydrogen) atoms. The molecule has 0 atom stereocenters. The van der Waals surface area contributed by atoms with E-state index in [1.54, 1.807) is 6.20 Å². The smallest absolute Gasteiger partial charge is 0.167 e. The van der Waals surface area contributed by atoms with Crippen molar-refractivity contribution in [1.82, 2.24) is 10.3 Å². The number of nitrogens with zero attached hydrogens (tertiary/aromatic N) is 1. The van der Waals surface area contributed by atoms with Gasteiger partial charge in [0, 0.05) is 30.3 Å². The van der Waals surface area contributed by atoms with Crippen LogP contribution in [0.25, 0.3) is 0 Å². The third kappa shape index (κ3) is 3.42. The van der Waals surface area contributed by atoms with Gasteiger partial charge in [0.05, 0.1) is 5.69 Å². The molecule has 0 aliphatic carbocycles. The van der Waals surface area contributed by atoms with E-state index in [9.17, 15) is 4.79 Å². The number of Topliss-reactive ketones (excluding diaryl/α,β-unsaturated/α-hetero) is 1. The molecular weight excluding hydrogens is 200 g/mol. The zero-order chi connectivity index (χ0) is 12.1. The van der Waals surface area contributed by atoms with E-state index in [1.807, 2.05) is 26.0 Å². The van der Waals surface area contributed by atoms with Gasteiger partial charge in [-0.2, -0.15) is 0 Å². The monoisotopic (exact) mass is 220 g/mol. The highest BCUT2D eigenvalue weighted by atomic mass is 16.1. The van der Waals surface area contributed by atoms with Crippen molar-refractivity contribution in [2.45, 2.75) is 40.3 Å². The van der Waals surface area contributed by atoms with Gasteiger partial charge in [0.25, 0.3) is 0 Å². The van der Waals surface area contributed by atoms with Crippen LogP contribution in [0.2, 0.25) is 0 Å². The van der Waals surface area contributed by atoms with E-state index in [-0.39, 0.29) is 11.7 Å². The number of hydrogen-bond donors (Lipinski definition) is 1. The number of hydrogen-bond acceptors (Lipinski definition) is 3. The maximum atomic E-state index is 11.9. The summed E-state index contributed by atoms with van der Waals surface area (Å²) in [5.74, 6) is 0.177. The molecule has 0 saturated heterocycles. The van der Waals surface area contributed by atoms with Crippen molar-refractivity contribution in [2.24, 2.45) is 5.92 Å². The largest absolute Gasteiger partial charge is 0.309 e. The fraction of sp³-hybridized carbons (Fsp3) is 0.538. The molecule has 0 saturated carbocycles. The minimum absolute atomic E-state index is 0.0157. The van der Waals surface area contributed by atoms with Crippen molar-refractivity contribution in [1.29, 1.82) is 0 Å². The van der Waals surface area contributed by atoms with Gasteiger partial charge in [0.15, 0.2) is 5.78 Å². The highest BCUT2D eigenvalue weighted by Gasteiger charge is 2.15. The van der Waals surface area contributed by atoms with Gasteiger partial charge in [-0.25, -0.2) is 0 Å². The second kappa shape index (κ2) is 5.75. The summed E-state index contributed by atoms with van der Waals surface area (Å²) in [4.78, 5) is 16.2. The number of aromatic nitrogens is 1. The Bertz CT molecular complexity index is 359. The van der Waals surface area contributed by atoms with Gasteiger partial charge in [-0.3, -0.25) is 9.78 Å². The number of nitrogens with one attached hydrogen (secondary N) is 1. The van der Waals surface area contributed by atoms with E-state index in [0.29, 0.717) is 12.6 Å². The zero-order valence-corrected chi connectivity index (χ0v) is 10.4. The first-order valence-electron chi connectivity index (χ1n) is 5.74. The summed E-state index contributed by atoms with van der Waals surface area (Å²) in [6.45, 7) is 8.62. The standard InChI is InChI=1S/C13H20N2O/c1-9(2)13(16)11-6-5-7-14-12(11)8-15-10(3)4/h5-7,9-10,15H,8H2,1-4H3. The van der Waals surface area contributed by atoms with Gasteiger partial charge >= 0.3 is 0 Å². The summed E-state index contributed by atoms with van der Waals surface area (Å²) in [6.07, 6.45) is 1.73. The van der Waals surface area contributed by atoms with Gasteiger partial charge < -0.3 is 5.32 Å². The summed E-state index contributed by atoms with van der Waals surface area (Å²) < 4.78 is 0. The average molecular weight is 220 g/mol. The summed E-state index contributed by atoms with van der Waals surface area (Å²) in [5, 5.41) is 3.28. The maximum absolute atomic E-state index is 11.9. The van der Waals surface area contributed by atoms with Crippen molar-refractivity contribution >= 4 is 5.78 Å². The second-order valence-corrected chi connectivity index (χ2v) is 4.55. The molecule has 1 N–H and O–H groups in total. The van der Waals surface area contributed by atoms with Crippen LogP contribution in [0.15, 0.2) is 18.3 Å². The minimum atomic E-state index is 0.0157. The van der Waals surface area contributed by atoms with Crippen LogP contribution in [0, 0.1) is 5.92 Å². The molecule has 1 aromatic rings. The zero-order valence-electron chi connectivity index (χ0n) is 10.4. The van der Waals surface area contributed by atoms with Crippen molar-refractivity contribution in [3.8, 4) is 0 Å². The molecule has 0 fully saturated rings. The Morgan fingerprint density at radius 1 is 1.38 bits per heavy atom. The van der Waals surface area contributed by atoms with E-state index >= 15 is 0 Å². The van der Waals surface area contributed by atoms with E-state index in [0.717, 1.165) is 11.3 Å². The lowest BCUT2D eigenvalue weighted by Gasteiger charge is -2.12.